The Labute approximate surface area is 99.0 Å². The molecule has 0 unspecified atom stereocenters. The van der Waals surface area contributed by atoms with Gasteiger partial charge in [0, 0.05) is 12.2 Å². The maximum absolute atomic E-state index is 11.7. The number of nitrogens with two attached hydrogens (primary N) is 1. The quantitative estimate of drug-likeness (QED) is 0.682. The summed E-state index contributed by atoms with van der Waals surface area (Å²) in [6, 6.07) is 3.12. The molecule has 17 heavy (non-hydrogen) atoms. The first-order chi connectivity index (χ1) is 7.95. The Morgan fingerprint density at radius 3 is 2.59 bits per heavy atom. The van der Waals surface area contributed by atoms with Crippen LogP contribution in [-0.4, -0.2) is 28.6 Å². The molecule has 0 heterocycles. The normalized spacial score (nSPS) is 9.76. The molecule has 0 saturated heterocycles. The average Bonchev–Trinajstić information content (AvgIpc) is 2.22. The summed E-state index contributed by atoms with van der Waals surface area (Å²) in [5, 5.41) is 11.8. The van der Waals surface area contributed by atoms with Crippen LogP contribution < -0.4 is 11.1 Å². The topological polar surface area (TPSA) is 95.7 Å². The van der Waals surface area contributed by atoms with Crippen LogP contribution in [0.15, 0.2) is 18.2 Å². The van der Waals surface area contributed by atoms with Gasteiger partial charge in [0.05, 0.1) is 0 Å². The lowest BCUT2D eigenvalue weighted by molar-refractivity contribution is 0.202. The summed E-state index contributed by atoms with van der Waals surface area (Å²) in [5.41, 5.74) is 6.26. The van der Waals surface area contributed by atoms with Crippen LogP contribution in [0.4, 0.5) is 15.3 Å². The first-order valence-electron chi connectivity index (χ1n) is 5.13. The molecule has 0 aliphatic rings. The van der Waals surface area contributed by atoms with Crippen molar-refractivity contribution in [3.63, 3.8) is 0 Å². The van der Waals surface area contributed by atoms with Gasteiger partial charge in [-0.2, -0.15) is 0 Å². The molecule has 0 spiro atoms. The monoisotopic (exact) mass is 237 g/mol. The summed E-state index contributed by atoms with van der Waals surface area (Å²) in [5.74, 6) is 0.114. The Balaban J connectivity index is 2.84. The number of urea groups is 2. The maximum Gasteiger partial charge on any atom is 0.329 e. The van der Waals surface area contributed by atoms with Gasteiger partial charge in [-0.15, -0.1) is 0 Å². The third-order valence-electron chi connectivity index (χ3n) is 2.28. The molecule has 1 aromatic carbocycles. The highest BCUT2D eigenvalue weighted by molar-refractivity contribution is 6.00. The second kappa shape index (κ2) is 5.20. The zero-order valence-corrected chi connectivity index (χ0v) is 9.73. The van der Waals surface area contributed by atoms with Crippen molar-refractivity contribution in [1.82, 2.24) is 4.90 Å². The molecule has 0 fully saturated rings. The number of phenolic OH excluding ortho intramolecular Hbond substituents is 1. The number of hydrogen-bond acceptors (Lipinski definition) is 3. The molecule has 0 bridgehead atoms. The lowest BCUT2D eigenvalue weighted by Crippen LogP contribution is -2.43. The van der Waals surface area contributed by atoms with Crippen molar-refractivity contribution in [1.29, 1.82) is 0 Å². The smallest absolute Gasteiger partial charge is 0.329 e. The number of anilines is 1. The van der Waals surface area contributed by atoms with Gasteiger partial charge in [0.15, 0.2) is 0 Å². The molecule has 0 radical (unpaired) electrons. The minimum absolute atomic E-state index is 0.114. The van der Waals surface area contributed by atoms with Crippen LogP contribution in [0.5, 0.6) is 5.75 Å². The summed E-state index contributed by atoms with van der Waals surface area (Å²) >= 11 is 0. The van der Waals surface area contributed by atoms with E-state index >= 15 is 0 Å². The Hall–Kier alpha value is -2.24. The zero-order valence-electron chi connectivity index (χ0n) is 9.73. The lowest BCUT2D eigenvalue weighted by Gasteiger charge is -2.17. The number of rotatable bonds is 2. The number of imide groups is 1. The SMILES string of the molecule is CCN(C(N)=O)C(=O)Nc1ccc(O)cc1C. The number of phenols is 1. The van der Waals surface area contributed by atoms with Gasteiger partial charge in [0.25, 0.3) is 0 Å². The first-order valence-corrected chi connectivity index (χ1v) is 5.13. The number of carbonyl (C=O) groups excluding carboxylic acids is 2. The van der Waals surface area contributed by atoms with Crippen LogP contribution in [0.25, 0.3) is 0 Å². The van der Waals surface area contributed by atoms with E-state index in [-0.39, 0.29) is 12.3 Å². The van der Waals surface area contributed by atoms with Crippen molar-refractivity contribution in [3.8, 4) is 5.75 Å². The van der Waals surface area contributed by atoms with Crippen LogP contribution in [0.1, 0.15) is 12.5 Å². The van der Waals surface area contributed by atoms with Gasteiger partial charge in [-0.25, -0.2) is 14.5 Å². The third kappa shape index (κ3) is 3.10. The van der Waals surface area contributed by atoms with Crippen LogP contribution in [0.3, 0.4) is 0 Å². The molecule has 0 aliphatic heterocycles. The number of primary amides is 1. The number of nitrogens with one attached hydrogen (secondary N) is 1. The zero-order chi connectivity index (χ0) is 13.0. The molecule has 92 valence electrons. The molecular formula is C11H15N3O3. The van der Waals surface area contributed by atoms with Crippen molar-refractivity contribution in [2.24, 2.45) is 5.73 Å². The van der Waals surface area contributed by atoms with Crippen molar-refractivity contribution >= 4 is 17.7 Å². The highest BCUT2D eigenvalue weighted by atomic mass is 16.3. The molecule has 0 aromatic heterocycles. The van der Waals surface area contributed by atoms with Crippen molar-refractivity contribution in [2.45, 2.75) is 13.8 Å². The Bertz CT molecular complexity index is 446. The fraction of sp³-hybridized carbons (Fsp3) is 0.273. The highest BCUT2D eigenvalue weighted by Crippen LogP contribution is 2.20. The standard InChI is InChI=1S/C11H15N3O3/c1-3-14(10(12)16)11(17)13-9-5-4-8(15)6-7(9)2/h4-6,15H,3H2,1-2H3,(H2,12,16)(H,13,17). The van der Waals surface area contributed by atoms with Gasteiger partial charge in [-0.3, -0.25) is 0 Å². The molecule has 4 N–H and O–H groups in total. The minimum Gasteiger partial charge on any atom is -0.508 e. The van der Waals surface area contributed by atoms with Crippen LogP contribution in [0, 0.1) is 6.92 Å². The lowest BCUT2D eigenvalue weighted by atomic mass is 10.2. The highest BCUT2D eigenvalue weighted by Gasteiger charge is 2.17. The molecular weight excluding hydrogens is 222 g/mol. The van der Waals surface area contributed by atoms with E-state index in [4.69, 9.17) is 5.73 Å². The van der Waals surface area contributed by atoms with E-state index in [1.54, 1.807) is 19.9 Å². The second-order valence-electron chi connectivity index (χ2n) is 3.51. The number of carbonyl (C=O) groups is 2. The molecule has 0 atom stereocenters. The minimum atomic E-state index is -0.804. The average molecular weight is 237 g/mol. The Kier molecular flexibility index (Phi) is 3.92. The molecule has 6 nitrogen and oxygen atoms in total. The number of amides is 4. The van der Waals surface area contributed by atoms with Crippen LogP contribution in [-0.2, 0) is 0 Å². The van der Waals surface area contributed by atoms with E-state index in [9.17, 15) is 14.7 Å². The number of hydrogen-bond donors (Lipinski definition) is 3. The third-order valence-corrected chi connectivity index (χ3v) is 2.28. The van der Waals surface area contributed by atoms with Gasteiger partial charge >= 0.3 is 12.1 Å². The predicted octanol–water partition coefficient (Wildman–Crippen LogP) is 1.63. The fourth-order valence-electron chi connectivity index (χ4n) is 1.37. The van der Waals surface area contributed by atoms with E-state index in [1.165, 1.54) is 12.1 Å². The van der Waals surface area contributed by atoms with Gasteiger partial charge in [0.1, 0.15) is 5.75 Å². The summed E-state index contributed by atoms with van der Waals surface area (Å²) in [7, 11) is 0. The van der Waals surface area contributed by atoms with Gasteiger partial charge in [-0.05, 0) is 37.6 Å². The summed E-state index contributed by atoms with van der Waals surface area (Å²) in [4.78, 5) is 23.5. The van der Waals surface area contributed by atoms with Gasteiger partial charge in [0.2, 0.25) is 0 Å². The Morgan fingerprint density at radius 2 is 2.12 bits per heavy atom. The largest absolute Gasteiger partial charge is 0.508 e. The first kappa shape index (κ1) is 12.8. The number of aryl methyl sites for hydroxylation is 1. The molecule has 0 saturated carbocycles. The second-order valence-corrected chi connectivity index (χ2v) is 3.51. The van der Waals surface area contributed by atoms with E-state index in [2.05, 4.69) is 5.32 Å². The van der Waals surface area contributed by atoms with Crippen molar-refractivity contribution in [2.75, 3.05) is 11.9 Å². The maximum atomic E-state index is 11.7. The molecule has 6 heteroatoms. The van der Waals surface area contributed by atoms with E-state index in [1.807, 2.05) is 0 Å². The number of benzene rings is 1. The number of nitrogens with zero attached hydrogens (tertiary/aromatic N) is 1. The summed E-state index contributed by atoms with van der Waals surface area (Å²) in [6.07, 6.45) is 0. The van der Waals surface area contributed by atoms with Crippen LogP contribution >= 0.6 is 0 Å². The van der Waals surface area contributed by atoms with Crippen molar-refractivity contribution < 1.29 is 14.7 Å². The fourth-order valence-corrected chi connectivity index (χ4v) is 1.37. The van der Waals surface area contributed by atoms with Gasteiger partial charge < -0.3 is 16.2 Å². The summed E-state index contributed by atoms with van der Waals surface area (Å²) < 4.78 is 0. The van der Waals surface area contributed by atoms with Gasteiger partial charge in [-0.1, -0.05) is 0 Å². The van der Waals surface area contributed by atoms with E-state index in [0.717, 1.165) is 4.90 Å². The molecule has 0 aliphatic carbocycles. The molecule has 1 rings (SSSR count). The van der Waals surface area contributed by atoms with Crippen molar-refractivity contribution in [3.05, 3.63) is 23.8 Å². The summed E-state index contributed by atoms with van der Waals surface area (Å²) in [6.45, 7) is 3.57. The van der Waals surface area contributed by atoms with E-state index < -0.39 is 12.1 Å². The van der Waals surface area contributed by atoms with Crippen LogP contribution in [0.2, 0.25) is 0 Å². The number of aromatic hydroxyl groups is 1. The molecule has 1 aromatic rings. The van der Waals surface area contributed by atoms with E-state index in [0.29, 0.717) is 11.3 Å². The predicted molar refractivity (Wildman–Crippen MR) is 63.8 cm³/mol. The Morgan fingerprint density at radius 1 is 1.47 bits per heavy atom. The molecule has 4 amide bonds.